The number of benzene rings is 3. The highest BCUT2D eigenvalue weighted by molar-refractivity contribution is 6.42. The number of likely N-dealkylation sites (tertiary alicyclic amines) is 3. The maximum absolute atomic E-state index is 13.3. The first kappa shape index (κ1) is 125. The number of rotatable bonds is 23. The molecule has 0 spiro atoms. The Bertz CT molecular complexity index is 4140. The Morgan fingerprint density at radius 1 is 0.564 bits per heavy atom. The van der Waals surface area contributed by atoms with Gasteiger partial charge in [-0.25, -0.2) is 34.5 Å². The number of nitrogens with zero attached hydrogens (tertiary/aromatic N) is 6. The number of Topliss-reactive ketones (excluding diaryl/α,β-unsaturated/α-hetero) is 1. The molecule has 1 aromatic heterocycles. The minimum Gasteiger partial charge on any atom is -0.497 e. The predicted molar refractivity (Wildman–Crippen MR) is 499 cm³/mol. The molecule has 5 amide bonds. The van der Waals surface area contributed by atoms with Gasteiger partial charge in [-0.1, -0.05) is 122 Å². The van der Waals surface area contributed by atoms with Crippen LogP contribution in [0.15, 0.2) is 142 Å². The summed E-state index contributed by atoms with van der Waals surface area (Å²) in [4.78, 5) is 96.9. The molecule has 1 unspecified atom stereocenters. The van der Waals surface area contributed by atoms with Crippen LogP contribution in [0.25, 0.3) is 0 Å². The monoisotopic (exact) mass is 2000 g/mol. The van der Waals surface area contributed by atoms with Crippen LogP contribution < -0.4 is 15.8 Å². The third kappa shape index (κ3) is 49.2. The van der Waals surface area contributed by atoms with E-state index in [4.69, 9.17) is 89.3 Å². The Labute approximate surface area is 802 Å². The number of carbonyl (C=O) groups is 7. The largest absolute Gasteiger partial charge is 1.00 e. The normalized spacial score (nSPS) is 19.0. The summed E-state index contributed by atoms with van der Waals surface area (Å²) >= 11 is 26.5. The number of halogens is 14. The van der Waals surface area contributed by atoms with Gasteiger partial charge in [-0.2, -0.15) is 39.5 Å². The van der Waals surface area contributed by atoms with E-state index in [2.05, 4.69) is 64.9 Å². The lowest BCUT2D eigenvalue weighted by atomic mass is 9.87. The molecule has 133 heavy (non-hydrogen) atoms. The van der Waals surface area contributed by atoms with Gasteiger partial charge in [0.2, 0.25) is 5.02 Å². The van der Waals surface area contributed by atoms with Gasteiger partial charge in [0.15, 0.2) is 5.78 Å². The molecule has 4 saturated heterocycles. The van der Waals surface area contributed by atoms with Crippen LogP contribution in [0.3, 0.4) is 0 Å². The molecule has 9 atom stereocenters. The van der Waals surface area contributed by atoms with E-state index in [9.17, 15) is 73.1 Å². The highest BCUT2D eigenvalue weighted by atomic mass is 35.5. The minimum atomic E-state index is -4.57. The first-order valence-electron chi connectivity index (χ1n) is 43.4. The van der Waals surface area contributed by atoms with Gasteiger partial charge < -0.3 is 68.9 Å². The Morgan fingerprint density at radius 2 is 0.925 bits per heavy atom. The fourth-order valence-electron chi connectivity index (χ4n) is 14.2. The van der Waals surface area contributed by atoms with Crippen LogP contribution in [0.4, 0.5) is 63.5 Å². The average Bonchev–Trinajstić information content (AvgIpc) is 2.05. The summed E-state index contributed by atoms with van der Waals surface area (Å²) in [5.41, 5.74) is 3.89. The summed E-state index contributed by atoms with van der Waals surface area (Å²) in [6.07, 6.45) is 7.30. The maximum atomic E-state index is 13.3. The van der Waals surface area contributed by atoms with E-state index in [1.165, 1.54) is 60.2 Å². The molecule has 4 fully saturated rings. The first-order chi connectivity index (χ1) is 62.5. The molecule has 0 bridgehead atoms. The number of aliphatic hydroxyl groups excluding tert-OH is 1. The summed E-state index contributed by atoms with van der Waals surface area (Å²) in [6, 6.07) is 12.5. The summed E-state index contributed by atoms with van der Waals surface area (Å²) in [7, 11) is 2.86. The van der Waals surface area contributed by atoms with Crippen molar-refractivity contribution in [2.24, 2.45) is 5.73 Å². The van der Waals surface area contributed by atoms with E-state index in [0.717, 1.165) is 68.2 Å². The van der Waals surface area contributed by atoms with E-state index in [1.807, 2.05) is 62.3 Å². The number of nitrogens with two attached hydrogens (primary N) is 1. The van der Waals surface area contributed by atoms with Gasteiger partial charge in [0.25, 0.3) is 0 Å². The van der Waals surface area contributed by atoms with Crippen molar-refractivity contribution in [3.05, 3.63) is 190 Å². The molecule has 9 rings (SSSR count). The first-order valence-corrected chi connectivity index (χ1v) is 45.4. The molecular formula is C93H135Cl5F9N8O18+. The molecule has 4 aromatic rings. The standard InChI is InChI=1S/C24H32ClF3N2O4.C22H30ClF3N2O2.C14H23NO3.C12H17NO3.C8H7ClF3N.C6H7NO.C4H8O.C2H6.CH2Cl2O.H2O3/c1-6-8-20-13-21(12-19(7-2)30(20)23(32)34-15(3)4)29(22(31)33-5)14-16-9-17(24(26,27)28)11-18(25)10-16;1-5-7-20-12-18(11-19(6-2)28(20)21(29)30-14(3)4)27-13-15-8-16(22(24,25)26)10-17(23)9-15;1-5-7-12-9-13(16)8-11(6-2)15(12)14(17)18-10(3)4;1-4-5-10-8-11(14)6-7-13(10)12(15)16-9(2)3;9-7-2-5(4-13)1-6(3-7)8(10,11)12;1-8-6-2-4-7-5-3-6;1-2-4-5-3-1;1-2;2-1(3)4;1-3-2/h6,9-11,15,19-21H,1,7-8,12-14H2,2-5H3;5,8-10,14,18-20,27H,1,6-7,11-13H2,2-4H3;5,10-12H,1,6-9H2,2-4H3;4,6-7,9-10H,1,5,8H2,2-3H3;1-3H,4,13H2;2-5H,1H3;1-4H2;1-2H3;1,4H;1-2H/p+1/t19-,20+,21+;18-,19+,20-;11-,12+;;;;;;;/m101......./s1. The highest BCUT2D eigenvalue weighted by Gasteiger charge is 2.44. The molecule has 0 saturated carbocycles. The van der Waals surface area contributed by atoms with Crippen molar-refractivity contribution in [2.75, 3.05) is 27.4 Å². The second-order valence-electron chi connectivity index (χ2n) is 31.3. The molecule has 752 valence electrons. The number of aliphatic hydroxyl groups is 1. The van der Waals surface area contributed by atoms with E-state index in [0.29, 0.717) is 88.2 Å². The number of hydrogen-bond donors (Lipinski definition) is 5. The predicted octanol–water partition coefficient (Wildman–Crippen LogP) is 24.6. The number of alkyl halides is 11. The summed E-state index contributed by atoms with van der Waals surface area (Å²) in [6.45, 7) is 41.4. The van der Waals surface area contributed by atoms with Crippen LogP contribution in [-0.2, 0) is 81.2 Å². The molecule has 0 aliphatic carbocycles. The quantitative estimate of drug-likeness (QED) is 0.0115. The van der Waals surface area contributed by atoms with Crippen molar-refractivity contribution in [3.63, 3.8) is 0 Å². The number of ether oxygens (including phenoxy) is 7. The van der Waals surface area contributed by atoms with Crippen LogP contribution in [0.1, 0.15) is 228 Å². The van der Waals surface area contributed by atoms with Crippen molar-refractivity contribution in [2.45, 2.75) is 315 Å². The second-order valence-corrected chi connectivity index (χ2v) is 33.6. The Hall–Kier alpha value is -8.46. The third-order valence-electron chi connectivity index (χ3n) is 19.7. The summed E-state index contributed by atoms with van der Waals surface area (Å²) in [5, 5.41) is 25.3. The van der Waals surface area contributed by atoms with Gasteiger partial charge in [-0.15, -0.1) is 26.3 Å². The maximum Gasteiger partial charge on any atom is 1.00 e. The van der Waals surface area contributed by atoms with E-state index < -0.39 is 58.5 Å². The number of nitrogens with one attached hydrogen (secondary N) is 1. The van der Waals surface area contributed by atoms with Crippen LogP contribution >= 0.6 is 58.0 Å². The number of hydrogen-bond acceptors (Lipinski definition) is 21. The molecule has 6 N–H and O–H groups in total. The number of piperidine rings is 3. The second kappa shape index (κ2) is 66.1. The van der Waals surface area contributed by atoms with Crippen molar-refractivity contribution in [3.8, 4) is 5.75 Å². The fourth-order valence-corrected chi connectivity index (χ4v) is 15.0. The smallest absolute Gasteiger partial charge is 0.497 e. The van der Waals surface area contributed by atoms with Crippen LogP contribution in [0.5, 0.6) is 5.75 Å². The van der Waals surface area contributed by atoms with Gasteiger partial charge in [0.1, 0.15) is 11.5 Å². The number of amides is 5. The number of aromatic nitrogens is 1. The van der Waals surface area contributed by atoms with Crippen molar-refractivity contribution in [1.82, 2.24) is 34.8 Å². The van der Waals surface area contributed by atoms with Crippen molar-refractivity contribution >= 4 is 100 Å². The van der Waals surface area contributed by atoms with Gasteiger partial charge in [-0.05, 0) is 228 Å². The van der Waals surface area contributed by atoms with Crippen molar-refractivity contribution < 1.29 is 128 Å². The number of methoxy groups -OCH3 is 2. The SMILES string of the molecule is C1CCOC1.C=CCC1CC(=O)C=CN1C(=O)OC(C)C.C=CC[C@H]1CC(=O)C[C@@H](CC)N1C(=O)OC(C)C.C=CC[C@H]1C[C@@H](N(Cc2cc(Cl)cc(C(F)(F)F)c2)C(=O)OC)C[C@@H](CC)N1C(=O)OC(C)C.C=CC[C@H]1C[C@@H](NCc2cc(Cl)cc(C(F)(F)F)c2)C[C@@H](CC)N1C(=O)OC(C)C.CC.COc1ccncc1.NCc1cc(Cl)cc(C(F)(F)F)c1.OC(Cl)Cl.OOO.[H+]. The molecule has 40 heteroatoms. The van der Waals surface area contributed by atoms with Gasteiger partial charge >= 0.3 is 50.4 Å². The Kier molecular flexibility index (Phi) is 61.9. The lowest BCUT2D eigenvalue weighted by Crippen LogP contribution is -2.57. The Morgan fingerprint density at radius 3 is 1.31 bits per heavy atom. The van der Waals surface area contributed by atoms with Crippen molar-refractivity contribution in [1.29, 1.82) is 0 Å². The number of carbonyl (C=O) groups excluding carboxylic acids is 7. The zero-order chi connectivity index (χ0) is 102. The molecule has 0 radical (unpaired) electrons. The Balaban J connectivity index is 0. The zero-order valence-corrected chi connectivity index (χ0v) is 82.0. The van der Waals surface area contributed by atoms with Crippen LogP contribution in [-0.4, -0.2) is 198 Å². The summed E-state index contributed by atoms with van der Waals surface area (Å²) in [5.74, 6) is 1.10. The third-order valence-corrected chi connectivity index (χ3v) is 20.4. The number of allylic oxidation sites excluding steroid dienone is 1. The average molecular weight is 2000 g/mol. The number of ketones is 2. The van der Waals surface area contributed by atoms with Gasteiger partial charge in [0.05, 0.1) is 61.4 Å². The molecule has 5 aliphatic heterocycles. The van der Waals surface area contributed by atoms with E-state index in [-0.39, 0.29) is 144 Å². The molecule has 26 nitrogen and oxygen atoms in total. The minimum absolute atomic E-state index is 0. The van der Waals surface area contributed by atoms with Crippen LogP contribution in [0, 0.1) is 0 Å². The van der Waals surface area contributed by atoms with Gasteiger partial charge in [-0.3, -0.25) is 19.5 Å². The molecular weight excluding hydrogens is 1870 g/mol. The topological polar surface area (TPSA) is 321 Å². The van der Waals surface area contributed by atoms with Crippen LogP contribution in [0.2, 0.25) is 15.1 Å². The lowest BCUT2D eigenvalue weighted by Gasteiger charge is -2.47. The summed E-state index contributed by atoms with van der Waals surface area (Å²) < 4.78 is 152. The highest BCUT2D eigenvalue weighted by Crippen LogP contribution is 2.39. The van der Waals surface area contributed by atoms with Gasteiger partial charge in [0, 0.05) is 134 Å². The molecule has 6 heterocycles. The molecule has 3 aromatic carbocycles. The van der Waals surface area contributed by atoms with E-state index >= 15 is 0 Å². The lowest BCUT2D eigenvalue weighted by molar-refractivity contribution is -0.465. The van der Waals surface area contributed by atoms with E-state index in [1.54, 1.807) is 98.3 Å². The number of pyridine rings is 1. The fraction of sp³-hybridized carbons (Fsp3) is 0.570. The molecule has 5 aliphatic rings. The zero-order valence-electron chi connectivity index (χ0n) is 79.2.